The summed E-state index contributed by atoms with van der Waals surface area (Å²) in [5.41, 5.74) is 0.530. The van der Waals surface area contributed by atoms with Crippen LogP contribution in [0.15, 0.2) is 53.6 Å². The average molecular weight is 415 g/mol. The van der Waals surface area contributed by atoms with Crippen molar-refractivity contribution in [1.29, 1.82) is 5.26 Å². The molecule has 0 aliphatic heterocycles. The van der Waals surface area contributed by atoms with Crippen LogP contribution in [0.4, 0.5) is 14.5 Å². The molecular weight excluding hydrogens is 400 g/mol. The zero-order chi connectivity index (χ0) is 20.6. The number of aromatic nitrogens is 1. The number of sulfonamides is 1. The van der Waals surface area contributed by atoms with Gasteiger partial charge in [0, 0.05) is 11.8 Å². The van der Waals surface area contributed by atoms with Crippen molar-refractivity contribution in [1.82, 2.24) is 4.98 Å². The minimum Gasteiger partial charge on any atom is -0.487 e. The molecule has 0 unspecified atom stereocenters. The Kier molecular flexibility index (Phi) is 4.72. The summed E-state index contributed by atoms with van der Waals surface area (Å²) in [5.74, 6) is -1.34. The molecule has 29 heavy (non-hydrogen) atoms. The van der Waals surface area contributed by atoms with Gasteiger partial charge in [-0.15, -0.1) is 0 Å². The monoisotopic (exact) mass is 415 g/mol. The van der Waals surface area contributed by atoms with Gasteiger partial charge >= 0.3 is 0 Å². The normalized spacial score (nSPS) is 13.7. The number of nitrogens with one attached hydrogen (secondary N) is 2. The van der Waals surface area contributed by atoms with Crippen molar-refractivity contribution in [3.05, 3.63) is 65.9 Å². The second-order valence-corrected chi connectivity index (χ2v) is 8.28. The van der Waals surface area contributed by atoms with Crippen LogP contribution in [0.2, 0.25) is 0 Å². The number of nitrogens with zero attached hydrogens (tertiary/aromatic N) is 1. The predicted molar refractivity (Wildman–Crippen MR) is 102 cm³/mol. The molecule has 1 fully saturated rings. The van der Waals surface area contributed by atoms with E-state index in [-0.39, 0.29) is 28.0 Å². The summed E-state index contributed by atoms with van der Waals surface area (Å²) >= 11 is 0. The molecule has 1 aromatic heterocycles. The van der Waals surface area contributed by atoms with Crippen LogP contribution in [0.5, 0.6) is 5.75 Å². The van der Waals surface area contributed by atoms with Crippen molar-refractivity contribution >= 4 is 15.7 Å². The lowest BCUT2D eigenvalue weighted by Gasteiger charge is -2.10. The van der Waals surface area contributed by atoms with Gasteiger partial charge in [0.2, 0.25) is 0 Å². The Balaban J connectivity index is 1.64. The summed E-state index contributed by atoms with van der Waals surface area (Å²) in [4.78, 5) is 2.65. The number of anilines is 1. The quantitative estimate of drug-likeness (QED) is 0.632. The molecule has 4 rings (SSSR count). The van der Waals surface area contributed by atoms with E-state index in [1.165, 1.54) is 36.5 Å². The summed E-state index contributed by atoms with van der Waals surface area (Å²) < 4.78 is 61.3. The maximum Gasteiger partial charge on any atom is 0.263 e. The number of H-pyrrole nitrogens is 1. The Hall–Kier alpha value is -3.38. The molecule has 2 aromatic carbocycles. The molecule has 0 radical (unpaired) electrons. The molecule has 1 aliphatic carbocycles. The lowest BCUT2D eigenvalue weighted by Crippen LogP contribution is -2.13. The first-order chi connectivity index (χ1) is 13.9. The van der Waals surface area contributed by atoms with Gasteiger partial charge < -0.3 is 9.72 Å². The molecule has 1 heterocycles. The molecule has 0 amide bonds. The number of hydrogen-bond acceptors (Lipinski definition) is 4. The summed E-state index contributed by atoms with van der Waals surface area (Å²) in [6.07, 6.45) is 2.88. The van der Waals surface area contributed by atoms with Crippen molar-refractivity contribution < 1.29 is 21.9 Å². The van der Waals surface area contributed by atoms with Gasteiger partial charge in [-0.05, 0) is 49.2 Å². The first kappa shape index (κ1) is 19.0. The Morgan fingerprint density at radius 1 is 1.14 bits per heavy atom. The largest absolute Gasteiger partial charge is 0.487 e. The second kappa shape index (κ2) is 7.22. The number of ether oxygens (including phenoxy) is 1. The van der Waals surface area contributed by atoms with Crippen molar-refractivity contribution in [3.63, 3.8) is 0 Å². The summed E-state index contributed by atoms with van der Waals surface area (Å²) in [6.45, 7) is 0. The third-order valence-electron chi connectivity index (χ3n) is 4.38. The molecule has 1 aliphatic rings. The van der Waals surface area contributed by atoms with Gasteiger partial charge in [0.05, 0.1) is 29.1 Å². The average Bonchev–Trinajstić information content (AvgIpc) is 3.36. The Bertz CT molecular complexity index is 1230. The molecule has 0 bridgehead atoms. The number of benzene rings is 2. The Morgan fingerprint density at radius 2 is 1.93 bits per heavy atom. The zero-order valence-corrected chi connectivity index (χ0v) is 15.8. The van der Waals surface area contributed by atoms with Crippen LogP contribution in [0.25, 0.3) is 11.3 Å². The number of halogens is 2. The van der Waals surface area contributed by atoms with Crippen LogP contribution < -0.4 is 9.46 Å². The molecule has 2 N–H and O–H groups in total. The van der Waals surface area contributed by atoms with Gasteiger partial charge in [-0.3, -0.25) is 4.72 Å². The van der Waals surface area contributed by atoms with Crippen molar-refractivity contribution in [3.8, 4) is 23.1 Å². The molecule has 9 heteroatoms. The van der Waals surface area contributed by atoms with Crippen molar-refractivity contribution in [2.75, 3.05) is 4.72 Å². The molecule has 3 aromatic rings. The van der Waals surface area contributed by atoms with E-state index < -0.39 is 21.7 Å². The maximum atomic E-state index is 14.2. The van der Waals surface area contributed by atoms with Crippen molar-refractivity contribution in [2.45, 2.75) is 23.8 Å². The first-order valence-corrected chi connectivity index (χ1v) is 10.2. The number of nitriles is 1. The van der Waals surface area contributed by atoms with E-state index in [0.29, 0.717) is 11.3 Å². The van der Waals surface area contributed by atoms with E-state index in [4.69, 9.17) is 10.00 Å². The maximum absolute atomic E-state index is 14.2. The summed E-state index contributed by atoms with van der Waals surface area (Å²) in [5, 5.41) is 8.78. The van der Waals surface area contributed by atoms with Crippen LogP contribution in [-0.2, 0) is 10.0 Å². The van der Waals surface area contributed by atoms with Crippen molar-refractivity contribution in [2.24, 2.45) is 0 Å². The molecule has 6 nitrogen and oxygen atoms in total. The van der Waals surface area contributed by atoms with E-state index >= 15 is 0 Å². The standard InChI is InChI=1S/C20H15F2N3O3S/c21-16-3-1-2-15(20(16)28-13-5-6-13)19-9-14(11-24-19)29(26,27)25-18-7-4-12(10-23)8-17(18)22/h1-4,7-9,11,13,24-25H,5-6H2. The SMILES string of the molecule is N#Cc1ccc(NS(=O)(=O)c2c[nH]c(-c3cccc(F)c3OC3CC3)c2)c(F)c1. The van der Waals surface area contributed by atoms with E-state index in [1.54, 1.807) is 12.1 Å². The third kappa shape index (κ3) is 3.93. The molecule has 0 saturated heterocycles. The Labute approximate surface area is 165 Å². The van der Waals surface area contributed by atoms with Gasteiger partial charge in [-0.25, -0.2) is 17.2 Å². The number of hydrogen-bond donors (Lipinski definition) is 2. The van der Waals surface area contributed by atoms with Gasteiger partial charge in [-0.2, -0.15) is 5.26 Å². The topological polar surface area (TPSA) is 95.0 Å². The molecule has 148 valence electrons. The highest BCUT2D eigenvalue weighted by atomic mass is 32.2. The highest BCUT2D eigenvalue weighted by Crippen LogP contribution is 2.37. The van der Waals surface area contributed by atoms with Crippen LogP contribution in [0.3, 0.4) is 0 Å². The molecule has 0 spiro atoms. The fourth-order valence-corrected chi connectivity index (χ4v) is 3.81. The van der Waals surface area contributed by atoms with Gasteiger partial charge in [0.1, 0.15) is 10.7 Å². The highest BCUT2D eigenvalue weighted by molar-refractivity contribution is 7.92. The summed E-state index contributed by atoms with van der Waals surface area (Å²) in [6, 6.07) is 10.9. The van der Waals surface area contributed by atoms with Gasteiger partial charge in [0.15, 0.2) is 11.6 Å². The van der Waals surface area contributed by atoms with E-state index in [1.807, 2.05) is 0 Å². The highest BCUT2D eigenvalue weighted by Gasteiger charge is 2.27. The smallest absolute Gasteiger partial charge is 0.263 e. The van der Waals surface area contributed by atoms with E-state index in [9.17, 15) is 17.2 Å². The van der Waals surface area contributed by atoms with Gasteiger partial charge in [-0.1, -0.05) is 6.07 Å². The number of aromatic amines is 1. The van der Waals surface area contributed by atoms with E-state index in [0.717, 1.165) is 18.9 Å². The molecule has 0 atom stereocenters. The summed E-state index contributed by atoms with van der Waals surface area (Å²) in [7, 11) is -4.11. The predicted octanol–water partition coefficient (Wildman–Crippen LogP) is 4.17. The number of rotatable bonds is 6. The van der Waals surface area contributed by atoms with E-state index in [2.05, 4.69) is 9.71 Å². The Morgan fingerprint density at radius 3 is 2.62 bits per heavy atom. The number of para-hydroxylation sites is 1. The molecule has 1 saturated carbocycles. The second-order valence-electron chi connectivity index (χ2n) is 6.59. The fraction of sp³-hybridized carbons (Fsp3) is 0.150. The first-order valence-electron chi connectivity index (χ1n) is 8.74. The zero-order valence-electron chi connectivity index (χ0n) is 14.9. The fourth-order valence-electron chi connectivity index (χ4n) is 2.75. The van der Waals surface area contributed by atoms with Crippen LogP contribution in [-0.4, -0.2) is 19.5 Å². The minimum atomic E-state index is -4.11. The lowest BCUT2D eigenvalue weighted by molar-refractivity contribution is 0.289. The van der Waals surface area contributed by atoms with Crippen LogP contribution in [0.1, 0.15) is 18.4 Å². The van der Waals surface area contributed by atoms with Crippen LogP contribution >= 0.6 is 0 Å². The van der Waals surface area contributed by atoms with Gasteiger partial charge in [0.25, 0.3) is 10.0 Å². The van der Waals surface area contributed by atoms with Crippen LogP contribution in [0, 0.1) is 23.0 Å². The third-order valence-corrected chi connectivity index (χ3v) is 5.72. The lowest BCUT2D eigenvalue weighted by atomic mass is 10.1. The minimum absolute atomic E-state index is 0.0372. The molecular formula is C20H15F2N3O3S.